The van der Waals surface area contributed by atoms with Crippen LogP contribution in [0.5, 0.6) is 40.2 Å². The molecule has 3 aliphatic rings. The van der Waals surface area contributed by atoms with Crippen LogP contribution in [0.1, 0.15) is 283 Å². The van der Waals surface area contributed by atoms with Crippen molar-refractivity contribution in [3.05, 3.63) is 225 Å². The number of phenols is 6. The minimum absolute atomic E-state index is 0.0546. The Kier molecular flexibility index (Phi) is 17.8. The third-order valence-corrected chi connectivity index (χ3v) is 20.6. The molecule has 510 valence electrons. The molecule has 0 radical (unpaired) electrons. The van der Waals surface area contributed by atoms with Gasteiger partial charge in [0.15, 0.2) is 5.60 Å². The first-order chi connectivity index (χ1) is 43.9. The molecular formula is C88H110O8. The summed E-state index contributed by atoms with van der Waals surface area (Å²) in [7, 11) is 0. The smallest absolute Gasteiger partial charge is 0.207 e. The van der Waals surface area contributed by atoms with Gasteiger partial charge in [0.1, 0.15) is 40.2 Å². The van der Waals surface area contributed by atoms with Gasteiger partial charge in [0.25, 0.3) is 0 Å². The Bertz CT molecular complexity index is 4350. The average Bonchev–Trinajstić information content (AvgIpc) is 1.55. The van der Waals surface area contributed by atoms with Crippen LogP contribution in [0.15, 0.2) is 108 Å². The highest BCUT2D eigenvalue weighted by molar-refractivity contribution is 6.06. The molecule has 1 aliphatic carbocycles. The second-order valence-corrected chi connectivity index (χ2v) is 37.0. The van der Waals surface area contributed by atoms with Gasteiger partial charge in [-0.1, -0.05) is 257 Å². The fraction of sp³-hybridized carbons (Fsp3) is 0.466. The number of carbonyl (C=O) groups excluding carboxylic acids is 1. The summed E-state index contributed by atoms with van der Waals surface area (Å²) < 4.78 is 7.38. The molecule has 10 rings (SSSR count). The lowest BCUT2D eigenvalue weighted by molar-refractivity contribution is -0.126. The Balaban J connectivity index is 1.25. The third kappa shape index (κ3) is 14.3. The van der Waals surface area contributed by atoms with Gasteiger partial charge in [0.05, 0.1) is 0 Å². The van der Waals surface area contributed by atoms with E-state index in [0.717, 1.165) is 55.6 Å². The van der Waals surface area contributed by atoms with Crippen LogP contribution in [-0.2, 0) is 94.1 Å². The van der Waals surface area contributed by atoms with Crippen LogP contribution in [0.25, 0.3) is 0 Å². The molecule has 1 atom stereocenters. The quantitative estimate of drug-likeness (QED) is 0.0880. The zero-order valence-corrected chi connectivity index (χ0v) is 62.4. The van der Waals surface area contributed by atoms with Gasteiger partial charge in [-0.2, -0.15) is 0 Å². The summed E-state index contributed by atoms with van der Waals surface area (Å²) in [6.45, 7) is 51.7. The number of hydrogen-bond donors (Lipinski definition) is 6. The molecule has 0 amide bonds. The molecule has 2 heterocycles. The maximum absolute atomic E-state index is 16.0. The summed E-state index contributed by atoms with van der Waals surface area (Å²) in [5, 5.41) is 77.2. The van der Waals surface area contributed by atoms with E-state index in [0.29, 0.717) is 78.1 Å². The van der Waals surface area contributed by atoms with Crippen molar-refractivity contribution in [2.45, 2.75) is 261 Å². The van der Waals surface area contributed by atoms with Gasteiger partial charge in [-0.25, -0.2) is 0 Å². The Hall–Kier alpha value is -7.71. The predicted molar refractivity (Wildman–Crippen MR) is 394 cm³/mol. The van der Waals surface area contributed by atoms with Gasteiger partial charge >= 0.3 is 0 Å². The molecule has 7 aromatic carbocycles. The lowest BCUT2D eigenvalue weighted by Gasteiger charge is -2.34. The molecule has 2 aliphatic heterocycles. The van der Waals surface area contributed by atoms with Crippen molar-refractivity contribution < 1.29 is 40.2 Å². The van der Waals surface area contributed by atoms with Crippen LogP contribution in [0.2, 0.25) is 0 Å². The second kappa shape index (κ2) is 24.1. The molecule has 8 heteroatoms. The van der Waals surface area contributed by atoms with Crippen LogP contribution in [0.3, 0.4) is 0 Å². The first-order valence-electron chi connectivity index (χ1n) is 34.8. The van der Waals surface area contributed by atoms with Crippen LogP contribution in [0.4, 0.5) is 0 Å². The molecule has 7 aromatic rings. The summed E-state index contributed by atoms with van der Waals surface area (Å²) in [4.78, 5) is 16.0. The lowest BCUT2D eigenvalue weighted by atomic mass is 9.73. The molecule has 15 bridgehead atoms. The highest BCUT2D eigenvalue weighted by atomic mass is 16.5. The lowest BCUT2D eigenvalue weighted by Crippen LogP contribution is -2.45. The van der Waals surface area contributed by atoms with E-state index in [2.05, 4.69) is 203 Å². The highest BCUT2D eigenvalue weighted by Gasteiger charge is 2.50. The normalized spacial score (nSPS) is 16.9. The fourth-order valence-corrected chi connectivity index (χ4v) is 13.9. The maximum atomic E-state index is 16.0. The number of allylic oxidation sites excluding steroid dienone is 2. The Morgan fingerprint density at radius 1 is 0.281 bits per heavy atom. The summed E-state index contributed by atoms with van der Waals surface area (Å²) in [6.07, 6.45) is 5.67. The van der Waals surface area contributed by atoms with Crippen molar-refractivity contribution >= 4 is 5.78 Å². The Morgan fingerprint density at radius 2 is 0.479 bits per heavy atom. The standard InChI is InChI=1S/C88H110O8/c1-80(2,3)64-32-49-25-50-33-65(81(4,5)6)35-52(73(50)90)27-54-37-67(83(10,11)12)39-56(75(54)92)29-58-41-69(85(16,17)18)43-60(77(58)94)31-62-45-71(87(22,23)24)48-88(79(62)95)47-63-46-70(86(19,20)21)44-61(78(63)96-88)30-59-42-68(84(13,14)15)40-57(76(59)93)28-55-38-66(82(7,8)9)36-53(74(55)91)26-51(34-64)72(49)89/h32-46,48,89-94H,25-31,47H2,1-24H3. The first-order valence-corrected chi connectivity index (χ1v) is 34.8. The molecule has 0 saturated carbocycles. The molecular weight excluding hydrogens is 1180 g/mol. The van der Waals surface area contributed by atoms with Gasteiger partial charge in [-0.15, -0.1) is 0 Å². The molecule has 6 N–H and O–H groups in total. The van der Waals surface area contributed by atoms with Gasteiger partial charge in [0.2, 0.25) is 5.78 Å². The number of aromatic hydroxyl groups is 6. The van der Waals surface area contributed by atoms with E-state index in [9.17, 15) is 30.6 Å². The number of hydrogen-bond acceptors (Lipinski definition) is 8. The largest absolute Gasteiger partial charge is 0.507 e. The van der Waals surface area contributed by atoms with E-state index >= 15 is 4.79 Å². The van der Waals surface area contributed by atoms with Crippen molar-refractivity contribution in [1.29, 1.82) is 0 Å². The summed E-state index contributed by atoms with van der Waals surface area (Å²) in [5.74, 6) is 0.929. The molecule has 8 nitrogen and oxygen atoms in total. The van der Waals surface area contributed by atoms with Crippen LogP contribution in [-0.4, -0.2) is 42.0 Å². The fourth-order valence-electron chi connectivity index (χ4n) is 13.9. The Morgan fingerprint density at radius 3 is 0.698 bits per heavy atom. The van der Waals surface area contributed by atoms with E-state index in [1.165, 1.54) is 0 Å². The van der Waals surface area contributed by atoms with Crippen molar-refractivity contribution in [3.8, 4) is 40.2 Å². The monoisotopic (exact) mass is 1290 g/mol. The summed E-state index contributed by atoms with van der Waals surface area (Å²) in [6, 6.07) is 29.0. The number of phenolic OH excluding ortho intramolecular Hbond substituents is 6. The van der Waals surface area contributed by atoms with Gasteiger partial charge in [-0.3, -0.25) is 4.79 Å². The molecule has 96 heavy (non-hydrogen) atoms. The zero-order valence-electron chi connectivity index (χ0n) is 62.4. The Labute approximate surface area is 574 Å². The minimum atomic E-state index is -1.42. The van der Waals surface area contributed by atoms with E-state index < -0.39 is 11.0 Å². The van der Waals surface area contributed by atoms with Crippen molar-refractivity contribution in [2.24, 2.45) is 5.41 Å². The number of carbonyl (C=O) groups is 1. The maximum Gasteiger partial charge on any atom is 0.207 e. The van der Waals surface area contributed by atoms with E-state index in [1.807, 2.05) is 60.7 Å². The number of ether oxygens (including phenoxy) is 1. The molecule has 1 spiro atoms. The molecule has 0 saturated heterocycles. The highest BCUT2D eigenvalue weighted by Crippen LogP contribution is 2.50. The van der Waals surface area contributed by atoms with E-state index in [1.54, 1.807) is 0 Å². The van der Waals surface area contributed by atoms with Crippen molar-refractivity contribution in [2.75, 3.05) is 0 Å². The van der Waals surface area contributed by atoms with Gasteiger partial charge < -0.3 is 35.4 Å². The van der Waals surface area contributed by atoms with Gasteiger partial charge in [0, 0.05) is 56.9 Å². The number of rotatable bonds is 0. The first kappa shape index (κ1) is 71.1. The van der Waals surface area contributed by atoms with Crippen LogP contribution >= 0.6 is 0 Å². The summed E-state index contributed by atoms with van der Waals surface area (Å²) >= 11 is 0. The average molecular weight is 1300 g/mol. The number of Topliss-reactive ketones (excluding diaryl/α,β-unsaturated/α-hetero) is 1. The third-order valence-electron chi connectivity index (χ3n) is 20.6. The van der Waals surface area contributed by atoms with Crippen LogP contribution < -0.4 is 4.74 Å². The number of benzene rings is 7. The molecule has 0 aromatic heterocycles. The number of ketones is 1. The van der Waals surface area contributed by atoms with Crippen molar-refractivity contribution in [1.82, 2.24) is 0 Å². The zero-order chi connectivity index (χ0) is 71.1. The van der Waals surface area contributed by atoms with Gasteiger partial charge in [-0.05, 0) is 172 Å². The van der Waals surface area contributed by atoms with E-state index in [-0.39, 0.29) is 130 Å². The summed E-state index contributed by atoms with van der Waals surface area (Å²) in [5.41, 5.74) is 13.5. The van der Waals surface area contributed by atoms with Crippen LogP contribution in [0, 0.1) is 5.41 Å². The second-order valence-electron chi connectivity index (χ2n) is 37.0. The number of fused-ring (bicyclic) bond motifs is 13. The SMILES string of the molecule is CC(C)(C)C1=CC23Cc4cc(C(C)(C)C)cc(c4O2)Cc2cc(C(C)(C)C)cc(c2O)Cc2cc(C(C)(C)C)cc(c2O)Cc2cc(C(C)(C)C)cc(c2O)Cc2cc(C(C)(C)C)cc(c2O)Cc2cc(C(C)(C)C)cc(c2O)Cc2cc(C(C)(C)C)cc(c2O)CC(=C1)C3=O. The van der Waals surface area contributed by atoms with Crippen molar-refractivity contribution in [3.63, 3.8) is 0 Å². The van der Waals surface area contributed by atoms with E-state index in [4.69, 9.17) is 4.74 Å². The topological polar surface area (TPSA) is 148 Å². The molecule has 0 fully saturated rings. The predicted octanol–water partition coefficient (Wildman–Crippen LogP) is 20.3. The minimum Gasteiger partial charge on any atom is -0.507 e. The molecule has 1 unspecified atom stereocenters.